The highest BCUT2D eigenvalue weighted by molar-refractivity contribution is 5.85. The number of hydrogen-bond acceptors (Lipinski definition) is 4. The molecule has 5 nitrogen and oxygen atoms in total. The fourth-order valence-corrected chi connectivity index (χ4v) is 2.02. The van der Waals surface area contributed by atoms with Gasteiger partial charge in [-0.25, -0.2) is 4.79 Å². The molecular weight excluding hydrogens is 256 g/mol. The summed E-state index contributed by atoms with van der Waals surface area (Å²) in [4.78, 5) is 23.7. The lowest BCUT2D eigenvalue weighted by Gasteiger charge is -2.20. The molecular formula is C15H30N2O3. The van der Waals surface area contributed by atoms with Crippen molar-refractivity contribution in [3.63, 3.8) is 0 Å². The van der Waals surface area contributed by atoms with E-state index < -0.39 is 6.04 Å². The molecule has 0 bridgehead atoms. The minimum Gasteiger partial charge on any atom is -0.467 e. The average Bonchev–Trinajstić information content (AvgIpc) is 2.35. The molecule has 0 radical (unpaired) electrons. The highest BCUT2D eigenvalue weighted by Gasteiger charge is 2.24. The Bertz CT molecular complexity index is 303. The molecule has 0 saturated heterocycles. The van der Waals surface area contributed by atoms with Crippen molar-refractivity contribution in [3.05, 3.63) is 0 Å². The van der Waals surface area contributed by atoms with Gasteiger partial charge in [-0.2, -0.15) is 0 Å². The lowest BCUT2D eigenvalue weighted by atomic mass is 9.99. The van der Waals surface area contributed by atoms with Crippen LogP contribution in [0.5, 0.6) is 0 Å². The van der Waals surface area contributed by atoms with Crippen molar-refractivity contribution in [2.45, 2.75) is 65.5 Å². The molecule has 0 aliphatic heterocycles. The third-order valence-corrected chi connectivity index (χ3v) is 3.25. The van der Waals surface area contributed by atoms with Crippen LogP contribution < -0.4 is 11.1 Å². The standard InChI is InChI=1S/C15H30N2O3/c1-10(2)9-13(15(19)20-5)17-14(18)11(3)7-6-8-12(4)16/h10-13H,6-9,16H2,1-5H3,(H,17,18). The van der Waals surface area contributed by atoms with Crippen molar-refractivity contribution in [2.75, 3.05) is 7.11 Å². The van der Waals surface area contributed by atoms with Crippen LogP contribution in [0.4, 0.5) is 0 Å². The molecule has 0 spiro atoms. The van der Waals surface area contributed by atoms with Crippen molar-refractivity contribution < 1.29 is 14.3 Å². The Labute approximate surface area is 122 Å². The maximum atomic E-state index is 12.1. The van der Waals surface area contributed by atoms with Crippen LogP contribution in [-0.4, -0.2) is 31.1 Å². The number of carbonyl (C=O) groups excluding carboxylic acids is 2. The second kappa shape index (κ2) is 9.75. The molecule has 1 amide bonds. The number of nitrogens with one attached hydrogen (secondary N) is 1. The minimum absolute atomic E-state index is 0.0919. The molecule has 20 heavy (non-hydrogen) atoms. The molecule has 0 fully saturated rings. The zero-order valence-corrected chi connectivity index (χ0v) is 13.4. The van der Waals surface area contributed by atoms with Gasteiger partial charge in [0.05, 0.1) is 7.11 Å². The van der Waals surface area contributed by atoms with E-state index in [-0.39, 0.29) is 23.8 Å². The number of esters is 1. The molecule has 0 aliphatic carbocycles. The molecule has 5 heteroatoms. The lowest BCUT2D eigenvalue weighted by Crippen LogP contribution is -2.44. The van der Waals surface area contributed by atoms with Gasteiger partial charge in [0.15, 0.2) is 0 Å². The SMILES string of the molecule is COC(=O)C(CC(C)C)NC(=O)C(C)CCCC(C)N. The lowest BCUT2D eigenvalue weighted by molar-refractivity contribution is -0.146. The summed E-state index contributed by atoms with van der Waals surface area (Å²) in [7, 11) is 1.34. The Kier molecular flexibility index (Phi) is 9.21. The van der Waals surface area contributed by atoms with Crippen LogP contribution in [0.2, 0.25) is 0 Å². The number of rotatable bonds is 9. The van der Waals surface area contributed by atoms with E-state index in [4.69, 9.17) is 10.5 Å². The van der Waals surface area contributed by atoms with Gasteiger partial charge in [-0.1, -0.05) is 27.2 Å². The first kappa shape index (κ1) is 18.9. The van der Waals surface area contributed by atoms with E-state index >= 15 is 0 Å². The van der Waals surface area contributed by atoms with Gasteiger partial charge in [0.1, 0.15) is 6.04 Å². The van der Waals surface area contributed by atoms with Crippen LogP contribution in [0.25, 0.3) is 0 Å². The normalized spacial score (nSPS) is 15.6. The molecule has 3 atom stereocenters. The summed E-state index contributed by atoms with van der Waals surface area (Å²) in [5, 5.41) is 2.79. The highest BCUT2D eigenvalue weighted by Crippen LogP contribution is 2.12. The number of hydrogen-bond donors (Lipinski definition) is 2. The molecule has 0 aromatic heterocycles. The van der Waals surface area contributed by atoms with Crippen molar-refractivity contribution in [1.82, 2.24) is 5.32 Å². The monoisotopic (exact) mass is 286 g/mol. The van der Waals surface area contributed by atoms with E-state index in [1.807, 2.05) is 27.7 Å². The zero-order chi connectivity index (χ0) is 15.7. The van der Waals surface area contributed by atoms with Gasteiger partial charge < -0.3 is 15.8 Å². The maximum absolute atomic E-state index is 12.1. The van der Waals surface area contributed by atoms with Gasteiger partial charge in [0.25, 0.3) is 0 Å². The minimum atomic E-state index is -0.552. The van der Waals surface area contributed by atoms with Crippen molar-refractivity contribution >= 4 is 11.9 Å². The van der Waals surface area contributed by atoms with Gasteiger partial charge in [0.2, 0.25) is 5.91 Å². The van der Waals surface area contributed by atoms with Crippen LogP contribution in [0.3, 0.4) is 0 Å². The van der Waals surface area contributed by atoms with E-state index in [1.54, 1.807) is 0 Å². The largest absolute Gasteiger partial charge is 0.467 e. The van der Waals surface area contributed by atoms with Crippen LogP contribution in [-0.2, 0) is 14.3 Å². The summed E-state index contributed by atoms with van der Waals surface area (Å²) < 4.78 is 4.74. The number of amides is 1. The topological polar surface area (TPSA) is 81.4 Å². The maximum Gasteiger partial charge on any atom is 0.328 e. The Hall–Kier alpha value is -1.10. The van der Waals surface area contributed by atoms with E-state index in [9.17, 15) is 9.59 Å². The molecule has 3 unspecified atom stereocenters. The number of ether oxygens (including phenoxy) is 1. The van der Waals surface area contributed by atoms with Gasteiger partial charge >= 0.3 is 5.97 Å². The Morgan fingerprint density at radius 3 is 2.20 bits per heavy atom. The smallest absolute Gasteiger partial charge is 0.328 e. The third-order valence-electron chi connectivity index (χ3n) is 3.25. The molecule has 0 heterocycles. The first-order valence-corrected chi connectivity index (χ1v) is 7.41. The summed E-state index contributed by atoms with van der Waals surface area (Å²) in [6.45, 7) is 7.85. The van der Waals surface area contributed by atoms with E-state index in [0.717, 1.165) is 19.3 Å². The number of nitrogens with two attached hydrogens (primary N) is 1. The van der Waals surface area contributed by atoms with Crippen molar-refractivity contribution in [3.8, 4) is 0 Å². The second-order valence-corrected chi connectivity index (χ2v) is 6.02. The van der Waals surface area contributed by atoms with Crippen LogP contribution in [0.15, 0.2) is 0 Å². The second-order valence-electron chi connectivity index (χ2n) is 6.02. The molecule has 0 aliphatic rings. The first-order valence-electron chi connectivity index (χ1n) is 7.41. The predicted molar refractivity (Wildman–Crippen MR) is 80.1 cm³/mol. The fraction of sp³-hybridized carbons (Fsp3) is 0.867. The van der Waals surface area contributed by atoms with E-state index in [0.29, 0.717) is 12.3 Å². The summed E-state index contributed by atoms with van der Waals surface area (Å²) in [5.74, 6) is -0.276. The summed E-state index contributed by atoms with van der Waals surface area (Å²) in [5.41, 5.74) is 5.69. The third kappa shape index (κ3) is 8.15. The molecule has 118 valence electrons. The molecule has 3 N–H and O–H groups in total. The Morgan fingerprint density at radius 1 is 1.15 bits per heavy atom. The van der Waals surface area contributed by atoms with Crippen molar-refractivity contribution in [2.24, 2.45) is 17.6 Å². The van der Waals surface area contributed by atoms with Crippen LogP contribution in [0, 0.1) is 11.8 Å². The van der Waals surface area contributed by atoms with E-state index in [2.05, 4.69) is 5.32 Å². The van der Waals surface area contributed by atoms with E-state index in [1.165, 1.54) is 7.11 Å². The Morgan fingerprint density at radius 2 is 1.75 bits per heavy atom. The summed E-state index contributed by atoms with van der Waals surface area (Å²) in [6.07, 6.45) is 3.19. The number of methoxy groups -OCH3 is 1. The molecule has 0 rings (SSSR count). The molecule has 0 aromatic carbocycles. The summed E-state index contributed by atoms with van der Waals surface area (Å²) in [6, 6.07) is -0.391. The van der Waals surface area contributed by atoms with Gasteiger partial charge in [-0.15, -0.1) is 0 Å². The quantitative estimate of drug-likeness (QED) is 0.634. The predicted octanol–water partition coefficient (Wildman–Crippen LogP) is 1.84. The molecule has 0 saturated carbocycles. The molecule has 0 aromatic rings. The van der Waals surface area contributed by atoms with Crippen molar-refractivity contribution in [1.29, 1.82) is 0 Å². The summed E-state index contributed by atoms with van der Waals surface area (Å²) >= 11 is 0. The highest BCUT2D eigenvalue weighted by atomic mass is 16.5. The van der Waals surface area contributed by atoms with Crippen LogP contribution >= 0.6 is 0 Å². The average molecular weight is 286 g/mol. The number of carbonyl (C=O) groups is 2. The Balaban J connectivity index is 4.32. The zero-order valence-electron chi connectivity index (χ0n) is 13.4. The first-order chi connectivity index (χ1) is 9.27. The van der Waals surface area contributed by atoms with Gasteiger partial charge in [0, 0.05) is 12.0 Å². The van der Waals surface area contributed by atoms with Crippen LogP contribution in [0.1, 0.15) is 53.4 Å². The van der Waals surface area contributed by atoms with Gasteiger partial charge in [-0.3, -0.25) is 4.79 Å². The van der Waals surface area contributed by atoms with Gasteiger partial charge in [-0.05, 0) is 32.1 Å². The fourth-order valence-electron chi connectivity index (χ4n) is 2.02.